The summed E-state index contributed by atoms with van der Waals surface area (Å²) in [5.41, 5.74) is 2.21. The minimum atomic E-state index is -4.57. The highest BCUT2D eigenvalue weighted by atomic mass is 79.9. The number of rotatable bonds is 5. The van der Waals surface area contributed by atoms with Crippen LogP contribution in [-0.2, 0) is 6.18 Å². The number of carbonyl (C=O) groups excluding carboxylic acids is 2. The Hall–Kier alpha value is -3.18. The van der Waals surface area contributed by atoms with Crippen LogP contribution in [-0.4, -0.2) is 23.1 Å². The summed E-state index contributed by atoms with van der Waals surface area (Å²) in [4.78, 5) is 24.7. The average Bonchev–Trinajstić information content (AvgIpc) is 2.77. The van der Waals surface area contributed by atoms with Crippen LogP contribution in [0.4, 0.5) is 18.9 Å². The van der Waals surface area contributed by atoms with Gasteiger partial charge in [-0.15, -0.1) is 0 Å². The number of phenols is 1. The Morgan fingerprint density at radius 2 is 1.52 bits per heavy atom. The van der Waals surface area contributed by atoms with Gasteiger partial charge in [-0.3, -0.25) is 9.59 Å². The SMILES string of the molecule is O=C(NN=Cc1cc(Br)c(O)c(Br)c1)c1cccc(NC(=O)c2cccc(C(F)(F)F)c2)c1. The first-order chi connectivity index (χ1) is 15.5. The molecule has 6 nitrogen and oxygen atoms in total. The molecule has 3 N–H and O–H groups in total. The van der Waals surface area contributed by atoms with Crippen molar-refractivity contribution in [1.82, 2.24) is 5.43 Å². The fourth-order valence-corrected chi connectivity index (χ4v) is 3.89. The summed E-state index contributed by atoms with van der Waals surface area (Å²) in [6.07, 6.45) is -3.20. The van der Waals surface area contributed by atoms with E-state index in [1.165, 1.54) is 36.5 Å². The van der Waals surface area contributed by atoms with Crippen LogP contribution < -0.4 is 10.7 Å². The Morgan fingerprint density at radius 1 is 0.909 bits per heavy atom. The topological polar surface area (TPSA) is 90.8 Å². The molecule has 0 saturated carbocycles. The van der Waals surface area contributed by atoms with E-state index in [4.69, 9.17) is 0 Å². The number of benzene rings is 3. The normalized spacial score (nSPS) is 11.4. The highest BCUT2D eigenvalue weighted by Gasteiger charge is 2.30. The molecule has 3 aromatic carbocycles. The summed E-state index contributed by atoms with van der Waals surface area (Å²) in [5, 5.41) is 16.0. The molecule has 0 atom stereocenters. The van der Waals surface area contributed by atoms with Crippen molar-refractivity contribution >= 4 is 55.6 Å². The number of alkyl halides is 3. The van der Waals surface area contributed by atoms with Crippen LogP contribution in [0.5, 0.6) is 5.75 Å². The summed E-state index contributed by atoms with van der Waals surface area (Å²) < 4.78 is 39.5. The number of nitrogens with one attached hydrogen (secondary N) is 2. The molecule has 0 aromatic heterocycles. The number of hydrazone groups is 1. The van der Waals surface area contributed by atoms with E-state index in [-0.39, 0.29) is 22.6 Å². The lowest BCUT2D eigenvalue weighted by Crippen LogP contribution is -2.18. The first-order valence-electron chi connectivity index (χ1n) is 9.14. The number of halogens is 5. The van der Waals surface area contributed by atoms with E-state index < -0.39 is 23.6 Å². The molecule has 0 unspecified atom stereocenters. The zero-order valence-corrected chi connectivity index (χ0v) is 19.6. The lowest BCUT2D eigenvalue weighted by atomic mass is 10.1. The predicted octanol–water partition coefficient (Wildman–Crippen LogP) is 5.95. The molecule has 0 bridgehead atoms. The van der Waals surface area contributed by atoms with Gasteiger partial charge in [0.25, 0.3) is 11.8 Å². The summed E-state index contributed by atoms with van der Waals surface area (Å²) in [6, 6.07) is 13.1. The van der Waals surface area contributed by atoms with Crippen LogP contribution in [0.3, 0.4) is 0 Å². The van der Waals surface area contributed by atoms with Gasteiger partial charge in [0.1, 0.15) is 5.75 Å². The van der Waals surface area contributed by atoms with Crippen molar-refractivity contribution in [2.45, 2.75) is 6.18 Å². The average molecular weight is 585 g/mol. The van der Waals surface area contributed by atoms with Crippen LogP contribution in [0.15, 0.2) is 74.7 Å². The number of hydrogen-bond donors (Lipinski definition) is 3. The number of carbonyl (C=O) groups is 2. The molecule has 3 aromatic rings. The Labute approximate surface area is 202 Å². The molecule has 2 amide bonds. The minimum Gasteiger partial charge on any atom is -0.506 e. The van der Waals surface area contributed by atoms with Crippen LogP contribution >= 0.6 is 31.9 Å². The predicted molar refractivity (Wildman–Crippen MR) is 124 cm³/mol. The highest BCUT2D eigenvalue weighted by molar-refractivity contribution is 9.11. The van der Waals surface area contributed by atoms with Gasteiger partial charge in [0, 0.05) is 16.8 Å². The molecule has 11 heteroatoms. The molecule has 0 aliphatic heterocycles. The Bertz CT molecular complexity index is 1220. The van der Waals surface area contributed by atoms with Crippen molar-refractivity contribution < 1.29 is 27.9 Å². The Balaban J connectivity index is 1.68. The molecule has 170 valence electrons. The summed E-state index contributed by atoms with van der Waals surface area (Å²) in [6.45, 7) is 0. The van der Waals surface area contributed by atoms with Crippen molar-refractivity contribution in [1.29, 1.82) is 0 Å². The first kappa shape index (κ1) is 24.5. The second-order valence-electron chi connectivity index (χ2n) is 6.65. The quantitative estimate of drug-likeness (QED) is 0.256. The van der Waals surface area contributed by atoms with Gasteiger partial charge in [-0.2, -0.15) is 18.3 Å². The number of amides is 2. The molecule has 0 saturated heterocycles. The monoisotopic (exact) mass is 583 g/mol. The maximum absolute atomic E-state index is 12.9. The van der Waals surface area contributed by atoms with E-state index in [0.29, 0.717) is 14.5 Å². The third-order valence-electron chi connectivity index (χ3n) is 4.25. The van der Waals surface area contributed by atoms with Crippen LogP contribution in [0, 0.1) is 0 Å². The summed E-state index contributed by atoms with van der Waals surface area (Å²) in [5.74, 6) is -1.29. The van der Waals surface area contributed by atoms with E-state index in [2.05, 4.69) is 47.7 Å². The van der Waals surface area contributed by atoms with Gasteiger partial charge in [0.2, 0.25) is 0 Å². The number of phenolic OH excluding ortho intramolecular Hbond substituents is 1. The van der Waals surface area contributed by atoms with Gasteiger partial charge in [-0.1, -0.05) is 12.1 Å². The molecule has 0 spiro atoms. The zero-order valence-electron chi connectivity index (χ0n) is 16.5. The largest absolute Gasteiger partial charge is 0.506 e. The molecular formula is C22H14Br2F3N3O3. The second-order valence-corrected chi connectivity index (χ2v) is 8.35. The van der Waals surface area contributed by atoms with E-state index in [1.807, 2.05) is 0 Å². The molecule has 3 rings (SSSR count). The molecule has 0 radical (unpaired) electrons. The molecule has 0 aliphatic rings. The van der Waals surface area contributed by atoms with Crippen molar-refractivity contribution in [2.24, 2.45) is 5.10 Å². The highest BCUT2D eigenvalue weighted by Crippen LogP contribution is 2.33. The van der Waals surface area contributed by atoms with Crippen molar-refractivity contribution in [2.75, 3.05) is 5.32 Å². The maximum atomic E-state index is 12.9. The van der Waals surface area contributed by atoms with Crippen LogP contribution in [0.1, 0.15) is 31.8 Å². The van der Waals surface area contributed by atoms with Crippen molar-refractivity contribution in [3.05, 3.63) is 91.9 Å². The van der Waals surface area contributed by atoms with Gasteiger partial charge in [-0.25, -0.2) is 5.43 Å². The molecule has 0 fully saturated rings. The van der Waals surface area contributed by atoms with Gasteiger partial charge < -0.3 is 10.4 Å². The van der Waals surface area contributed by atoms with Crippen LogP contribution in [0.25, 0.3) is 0 Å². The third kappa shape index (κ3) is 6.42. The Kier molecular flexibility index (Phi) is 7.54. The van der Waals surface area contributed by atoms with E-state index >= 15 is 0 Å². The van der Waals surface area contributed by atoms with Gasteiger partial charge >= 0.3 is 6.18 Å². The minimum absolute atomic E-state index is 0.0279. The van der Waals surface area contributed by atoms with Gasteiger partial charge in [0.05, 0.1) is 20.7 Å². The van der Waals surface area contributed by atoms with Gasteiger partial charge in [-0.05, 0) is 86.0 Å². The van der Waals surface area contributed by atoms with E-state index in [0.717, 1.165) is 18.2 Å². The zero-order chi connectivity index (χ0) is 24.2. The fraction of sp³-hybridized carbons (Fsp3) is 0.0455. The maximum Gasteiger partial charge on any atom is 0.416 e. The summed E-state index contributed by atoms with van der Waals surface area (Å²) in [7, 11) is 0. The number of aromatic hydroxyl groups is 1. The molecule has 33 heavy (non-hydrogen) atoms. The van der Waals surface area contributed by atoms with Crippen molar-refractivity contribution in [3.63, 3.8) is 0 Å². The molecule has 0 aliphatic carbocycles. The Morgan fingerprint density at radius 3 is 2.15 bits per heavy atom. The van der Waals surface area contributed by atoms with Crippen LogP contribution in [0.2, 0.25) is 0 Å². The number of anilines is 1. The van der Waals surface area contributed by atoms with Crippen molar-refractivity contribution in [3.8, 4) is 5.75 Å². The second kappa shape index (κ2) is 10.2. The lowest BCUT2D eigenvalue weighted by molar-refractivity contribution is -0.137. The summed E-state index contributed by atoms with van der Waals surface area (Å²) >= 11 is 6.39. The van der Waals surface area contributed by atoms with Gasteiger partial charge in [0.15, 0.2) is 0 Å². The molecule has 0 heterocycles. The number of nitrogens with zero attached hydrogens (tertiary/aromatic N) is 1. The third-order valence-corrected chi connectivity index (χ3v) is 5.46. The fourth-order valence-electron chi connectivity index (χ4n) is 2.67. The lowest BCUT2D eigenvalue weighted by Gasteiger charge is -2.10. The van der Waals surface area contributed by atoms with E-state index in [1.54, 1.807) is 12.1 Å². The molecular weight excluding hydrogens is 571 g/mol. The standard InChI is InChI=1S/C22H14Br2F3N3O3/c23-17-7-12(8-18(24)19(17)31)11-28-30-21(33)14-4-2-6-16(10-14)29-20(32)13-3-1-5-15(9-13)22(25,26)27/h1-11,31H,(H,29,32)(H,30,33). The smallest absolute Gasteiger partial charge is 0.416 e. The van der Waals surface area contributed by atoms with E-state index in [9.17, 15) is 27.9 Å². The first-order valence-corrected chi connectivity index (χ1v) is 10.7. The number of hydrogen-bond acceptors (Lipinski definition) is 4.